The van der Waals surface area contributed by atoms with Gasteiger partial charge >= 0.3 is 0 Å². The Morgan fingerprint density at radius 1 is 1.14 bits per heavy atom. The molecule has 0 fully saturated rings. The molecule has 0 aliphatic heterocycles. The lowest BCUT2D eigenvalue weighted by Crippen LogP contribution is -2.29. The number of aromatic nitrogens is 1. The van der Waals surface area contributed by atoms with Crippen molar-refractivity contribution in [2.45, 2.75) is 13.0 Å². The number of hydrazine groups is 1. The minimum atomic E-state index is -0.0659. The Morgan fingerprint density at radius 3 is 2.81 bits per heavy atom. The van der Waals surface area contributed by atoms with Crippen molar-refractivity contribution in [2.24, 2.45) is 5.84 Å². The Kier molecular flexibility index (Phi) is 4.01. The minimum absolute atomic E-state index is 0.0659. The molecule has 3 nitrogen and oxygen atoms in total. The van der Waals surface area contributed by atoms with E-state index in [1.807, 2.05) is 12.1 Å². The molecule has 1 aromatic heterocycles. The second-order valence-electron chi connectivity index (χ2n) is 5.08. The number of nitrogens with one attached hydrogen (secondary N) is 1. The number of fused-ring (bicyclic) bond motifs is 1. The van der Waals surface area contributed by atoms with Crippen molar-refractivity contribution >= 4 is 26.8 Å². The molecular weight excluding hydrogens is 326 g/mol. The van der Waals surface area contributed by atoms with Crippen molar-refractivity contribution in [3.8, 4) is 0 Å². The summed E-state index contributed by atoms with van der Waals surface area (Å²) in [6.45, 7) is 2.08. The lowest BCUT2D eigenvalue weighted by Gasteiger charge is -2.19. The Morgan fingerprint density at radius 2 is 2.00 bits per heavy atom. The Hall–Kier alpha value is -1.75. The van der Waals surface area contributed by atoms with Gasteiger partial charge in [0, 0.05) is 16.1 Å². The Labute approximate surface area is 132 Å². The van der Waals surface area contributed by atoms with Crippen LogP contribution in [0.2, 0.25) is 0 Å². The second-order valence-corrected chi connectivity index (χ2v) is 5.93. The van der Waals surface area contributed by atoms with Crippen molar-refractivity contribution in [2.75, 3.05) is 0 Å². The predicted octanol–water partition coefficient (Wildman–Crippen LogP) is 3.86. The van der Waals surface area contributed by atoms with Gasteiger partial charge in [0.2, 0.25) is 0 Å². The predicted molar refractivity (Wildman–Crippen MR) is 89.8 cm³/mol. The maximum absolute atomic E-state index is 5.81. The fourth-order valence-electron chi connectivity index (χ4n) is 2.52. The van der Waals surface area contributed by atoms with Crippen molar-refractivity contribution < 1.29 is 0 Å². The molecule has 2 aromatic carbocycles. The number of aryl methyl sites for hydroxylation is 1. The summed E-state index contributed by atoms with van der Waals surface area (Å²) >= 11 is 3.61. The average Bonchev–Trinajstić information content (AvgIpc) is 2.51. The fraction of sp³-hybridized carbons (Fsp3) is 0.118. The minimum Gasteiger partial charge on any atom is -0.271 e. The van der Waals surface area contributed by atoms with E-state index in [2.05, 4.69) is 69.7 Å². The van der Waals surface area contributed by atoms with Gasteiger partial charge < -0.3 is 0 Å². The van der Waals surface area contributed by atoms with E-state index in [1.165, 1.54) is 5.56 Å². The van der Waals surface area contributed by atoms with Gasteiger partial charge in [-0.2, -0.15) is 0 Å². The van der Waals surface area contributed by atoms with Crippen LogP contribution in [-0.4, -0.2) is 4.98 Å². The van der Waals surface area contributed by atoms with E-state index in [1.54, 1.807) is 6.20 Å². The third kappa shape index (κ3) is 2.83. The zero-order valence-electron chi connectivity index (χ0n) is 11.7. The van der Waals surface area contributed by atoms with E-state index >= 15 is 0 Å². The first-order valence-corrected chi connectivity index (χ1v) is 7.55. The van der Waals surface area contributed by atoms with Crippen LogP contribution in [0, 0.1) is 6.92 Å². The zero-order valence-corrected chi connectivity index (χ0v) is 13.3. The smallest absolute Gasteiger partial charge is 0.0721 e. The van der Waals surface area contributed by atoms with E-state index in [0.29, 0.717) is 0 Å². The van der Waals surface area contributed by atoms with Crippen LogP contribution in [0.25, 0.3) is 10.9 Å². The lowest BCUT2D eigenvalue weighted by molar-refractivity contribution is 0.635. The number of nitrogens with zero attached hydrogens (tertiary/aromatic N) is 1. The van der Waals surface area contributed by atoms with Crippen LogP contribution in [0.5, 0.6) is 0 Å². The zero-order chi connectivity index (χ0) is 14.8. The van der Waals surface area contributed by atoms with Crippen LogP contribution in [-0.2, 0) is 0 Å². The Bertz CT molecular complexity index is 786. The first-order chi connectivity index (χ1) is 10.2. The van der Waals surface area contributed by atoms with Crippen LogP contribution in [0.3, 0.4) is 0 Å². The quantitative estimate of drug-likeness (QED) is 0.561. The maximum Gasteiger partial charge on any atom is 0.0721 e. The van der Waals surface area contributed by atoms with E-state index in [0.717, 1.165) is 26.5 Å². The van der Waals surface area contributed by atoms with Crippen molar-refractivity contribution in [3.63, 3.8) is 0 Å². The molecule has 3 rings (SSSR count). The standard InChI is InChI=1S/C17H16BrN3/c1-11-4-6-15(18)14(9-11)17(21-19)13-5-7-16-12(10-13)3-2-8-20-16/h2-10,17,21H,19H2,1H3. The summed E-state index contributed by atoms with van der Waals surface area (Å²) in [5.74, 6) is 5.81. The molecule has 106 valence electrons. The summed E-state index contributed by atoms with van der Waals surface area (Å²) in [5, 5.41) is 1.11. The van der Waals surface area contributed by atoms with Crippen LogP contribution < -0.4 is 11.3 Å². The number of benzene rings is 2. The van der Waals surface area contributed by atoms with E-state index < -0.39 is 0 Å². The molecule has 4 heteroatoms. The molecule has 0 saturated carbocycles. The summed E-state index contributed by atoms with van der Waals surface area (Å²) < 4.78 is 1.04. The summed E-state index contributed by atoms with van der Waals surface area (Å²) in [7, 11) is 0. The van der Waals surface area contributed by atoms with Crippen molar-refractivity contribution in [3.05, 3.63) is 75.9 Å². The first kappa shape index (κ1) is 14.2. The Balaban J connectivity index is 2.11. The number of rotatable bonds is 3. The molecule has 0 aliphatic carbocycles. The summed E-state index contributed by atoms with van der Waals surface area (Å²) in [4.78, 5) is 4.35. The lowest BCUT2D eigenvalue weighted by atomic mass is 9.96. The molecule has 0 amide bonds. The average molecular weight is 342 g/mol. The van der Waals surface area contributed by atoms with Gasteiger partial charge in [0.25, 0.3) is 0 Å². The molecule has 0 aliphatic rings. The highest BCUT2D eigenvalue weighted by Crippen LogP contribution is 2.30. The molecule has 0 saturated heterocycles. The molecule has 21 heavy (non-hydrogen) atoms. The number of halogens is 1. The molecule has 3 aromatic rings. The van der Waals surface area contributed by atoms with Crippen LogP contribution in [0.4, 0.5) is 0 Å². The van der Waals surface area contributed by atoms with Gasteiger partial charge in [-0.3, -0.25) is 10.8 Å². The topological polar surface area (TPSA) is 50.9 Å². The van der Waals surface area contributed by atoms with Crippen molar-refractivity contribution in [1.29, 1.82) is 0 Å². The van der Waals surface area contributed by atoms with Gasteiger partial charge in [0.1, 0.15) is 0 Å². The van der Waals surface area contributed by atoms with Crippen molar-refractivity contribution in [1.82, 2.24) is 10.4 Å². The summed E-state index contributed by atoms with van der Waals surface area (Å²) in [5.41, 5.74) is 7.35. The fourth-order valence-corrected chi connectivity index (χ4v) is 3.00. The normalized spacial score (nSPS) is 12.5. The number of hydrogen-bond acceptors (Lipinski definition) is 3. The monoisotopic (exact) mass is 341 g/mol. The van der Waals surface area contributed by atoms with Gasteiger partial charge in [-0.15, -0.1) is 0 Å². The number of hydrogen-bond donors (Lipinski definition) is 2. The maximum atomic E-state index is 5.81. The van der Waals surface area contributed by atoms with Crippen LogP contribution >= 0.6 is 15.9 Å². The number of pyridine rings is 1. The molecule has 1 heterocycles. The van der Waals surface area contributed by atoms with Gasteiger partial charge in [0.05, 0.1) is 11.6 Å². The number of nitrogens with two attached hydrogens (primary N) is 1. The van der Waals surface area contributed by atoms with E-state index in [4.69, 9.17) is 5.84 Å². The third-order valence-corrected chi connectivity index (χ3v) is 4.31. The molecule has 3 N–H and O–H groups in total. The molecule has 0 radical (unpaired) electrons. The van der Waals surface area contributed by atoms with Crippen LogP contribution in [0.15, 0.2) is 59.2 Å². The van der Waals surface area contributed by atoms with E-state index in [-0.39, 0.29) is 6.04 Å². The molecule has 1 unspecified atom stereocenters. The summed E-state index contributed by atoms with van der Waals surface area (Å²) in [6, 6.07) is 16.4. The molecular formula is C17H16BrN3. The molecule has 0 bridgehead atoms. The van der Waals surface area contributed by atoms with Crippen LogP contribution in [0.1, 0.15) is 22.7 Å². The highest BCUT2D eigenvalue weighted by molar-refractivity contribution is 9.10. The molecule has 1 atom stereocenters. The highest BCUT2D eigenvalue weighted by Gasteiger charge is 2.16. The third-order valence-electron chi connectivity index (χ3n) is 3.59. The van der Waals surface area contributed by atoms with Gasteiger partial charge in [-0.25, -0.2) is 5.43 Å². The van der Waals surface area contributed by atoms with E-state index in [9.17, 15) is 0 Å². The SMILES string of the molecule is Cc1ccc(Br)c(C(NN)c2ccc3ncccc3c2)c1. The largest absolute Gasteiger partial charge is 0.271 e. The second kappa shape index (κ2) is 5.93. The van der Waals surface area contributed by atoms with Gasteiger partial charge in [-0.05, 0) is 42.3 Å². The first-order valence-electron chi connectivity index (χ1n) is 6.76. The van der Waals surface area contributed by atoms with Gasteiger partial charge in [-0.1, -0.05) is 45.8 Å². The molecule has 0 spiro atoms. The highest BCUT2D eigenvalue weighted by atomic mass is 79.9. The summed E-state index contributed by atoms with van der Waals surface area (Å²) in [6.07, 6.45) is 1.80. The van der Waals surface area contributed by atoms with Gasteiger partial charge in [0.15, 0.2) is 0 Å².